The number of alkyl halides is 3. The number of hydrogen-bond donors (Lipinski definition) is 1. The molecule has 1 N–H and O–H groups in total. The molecule has 0 saturated carbocycles. The predicted octanol–water partition coefficient (Wildman–Crippen LogP) is 2.24. The Hall–Kier alpha value is -2.71. The SMILES string of the molecule is CS(=O)(=O)c1ncc(Oc2cncc(C#N)c2)c2c1[C@H](O)C(F)(F)[C@@H]2F. The van der Waals surface area contributed by atoms with Gasteiger partial charge in [0.15, 0.2) is 26.8 Å². The van der Waals surface area contributed by atoms with Gasteiger partial charge < -0.3 is 9.84 Å². The van der Waals surface area contributed by atoms with Gasteiger partial charge in [0, 0.05) is 29.6 Å². The maximum absolute atomic E-state index is 14.3. The highest BCUT2D eigenvalue weighted by atomic mass is 32.2. The lowest BCUT2D eigenvalue weighted by molar-refractivity contribution is -0.144. The molecule has 0 fully saturated rings. The molecule has 0 unspecified atom stereocenters. The Labute approximate surface area is 145 Å². The first-order valence-corrected chi connectivity index (χ1v) is 8.92. The van der Waals surface area contributed by atoms with Gasteiger partial charge in [-0.25, -0.2) is 17.8 Å². The summed E-state index contributed by atoms with van der Waals surface area (Å²) in [5.74, 6) is -4.83. The van der Waals surface area contributed by atoms with Crippen LogP contribution in [0.1, 0.15) is 29.0 Å². The number of aliphatic hydroxyl groups excluding tert-OH is 1. The first-order chi connectivity index (χ1) is 12.1. The van der Waals surface area contributed by atoms with Crippen molar-refractivity contribution in [3.8, 4) is 17.6 Å². The van der Waals surface area contributed by atoms with Gasteiger partial charge in [0.2, 0.25) is 0 Å². The van der Waals surface area contributed by atoms with Crippen LogP contribution in [-0.4, -0.2) is 35.7 Å². The average molecular weight is 385 g/mol. The van der Waals surface area contributed by atoms with E-state index < -0.39 is 49.9 Å². The average Bonchev–Trinajstić information content (AvgIpc) is 2.75. The van der Waals surface area contributed by atoms with Crippen molar-refractivity contribution in [3.63, 3.8) is 0 Å². The number of hydrogen-bond acceptors (Lipinski definition) is 7. The van der Waals surface area contributed by atoms with Crippen LogP contribution in [-0.2, 0) is 9.84 Å². The highest BCUT2D eigenvalue weighted by molar-refractivity contribution is 7.90. The first kappa shape index (κ1) is 18.1. The minimum Gasteiger partial charge on any atom is -0.454 e. The van der Waals surface area contributed by atoms with Crippen LogP contribution in [0.2, 0.25) is 0 Å². The lowest BCUT2D eigenvalue weighted by Crippen LogP contribution is -2.24. The van der Waals surface area contributed by atoms with Crippen LogP contribution in [0.15, 0.2) is 29.7 Å². The van der Waals surface area contributed by atoms with Crippen LogP contribution in [0.25, 0.3) is 0 Å². The predicted molar refractivity (Wildman–Crippen MR) is 80.1 cm³/mol. The fourth-order valence-electron chi connectivity index (χ4n) is 2.59. The Morgan fingerprint density at radius 2 is 2.00 bits per heavy atom. The van der Waals surface area contributed by atoms with E-state index in [0.717, 1.165) is 12.4 Å². The van der Waals surface area contributed by atoms with E-state index in [2.05, 4.69) is 9.97 Å². The molecular weight excluding hydrogens is 375 g/mol. The number of nitriles is 1. The van der Waals surface area contributed by atoms with E-state index in [1.807, 2.05) is 0 Å². The number of aromatic nitrogens is 2. The van der Waals surface area contributed by atoms with Crippen LogP contribution in [0.4, 0.5) is 13.2 Å². The first-order valence-electron chi connectivity index (χ1n) is 7.03. The lowest BCUT2D eigenvalue weighted by atomic mass is 10.1. The quantitative estimate of drug-likeness (QED) is 0.862. The third kappa shape index (κ3) is 2.77. The van der Waals surface area contributed by atoms with Crippen molar-refractivity contribution in [1.29, 1.82) is 5.26 Å². The number of halogens is 3. The Kier molecular flexibility index (Phi) is 4.12. The second kappa shape index (κ2) is 5.93. The number of ether oxygens (including phenoxy) is 1. The molecule has 1 aliphatic carbocycles. The zero-order valence-electron chi connectivity index (χ0n) is 13.0. The minimum atomic E-state index is -4.25. The summed E-state index contributed by atoms with van der Waals surface area (Å²) in [4.78, 5) is 7.26. The monoisotopic (exact) mass is 385 g/mol. The molecule has 0 radical (unpaired) electrons. The lowest BCUT2D eigenvalue weighted by Gasteiger charge is -2.16. The zero-order chi connectivity index (χ0) is 19.3. The van der Waals surface area contributed by atoms with E-state index in [-0.39, 0.29) is 11.3 Å². The summed E-state index contributed by atoms with van der Waals surface area (Å²) in [6, 6.07) is 3.01. The smallest absolute Gasteiger partial charge is 0.312 e. The molecule has 0 amide bonds. The summed E-state index contributed by atoms with van der Waals surface area (Å²) in [7, 11) is -4.12. The number of sulfone groups is 1. The fourth-order valence-corrected chi connectivity index (χ4v) is 3.46. The molecule has 0 aliphatic heterocycles. The number of rotatable bonds is 3. The molecule has 26 heavy (non-hydrogen) atoms. The van der Waals surface area contributed by atoms with Gasteiger partial charge in [0.25, 0.3) is 0 Å². The normalized spacial score (nSPS) is 21.1. The van der Waals surface area contributed by atoms with Crippen LogP contribution in [0, 0.1) is 11.3 Å². The maximum Gasteiger partial charge on any atom is 0.312 e. The van der Waals surface area contributed by atoms with Gasteiger partial charge in [0.1, 0.15) is 17.9 Å². The number of pyridine rings is 2. The van der Waals surface area contributed by atoms with Gasteiger partial charge in [-0.3, -0.25) is 4.98 Å². The topological polar surface area (TPSA) is 113 Å². The van der Waals surface area contributed by atoms with Crippen LogP contribution < -0.4 is 4.74 Å². The highest BCUT2D eigenvalue weighted by Gasteiger charge is 2.59. The Bertz CT molecular complexity index is 1040. The number of aliphatic hydroxyl groups is 1. The van der Waals surface area contributed by atoms with Gasteiger partial charge in [-0.1, -0.05) is 0 Å². The van der Waals surface area contributed by atoms with E-state index >= 15 is 0 Å². The van der Waals surface area contributed by atoms with Gasteiger partial charge in [-0.2, -0.15) is 14.0 Å². The third-order valence-corrected chi connectivity index (χ3v) is 4.76. The molecular formula is C15H10F3N3O4S. The summed E-state index contributed by atoms with van der Waals surface area (Å²) >= 11 is 0. The molecule has 7 nitrogen and oxygen atoms in total. The van der Waals surface area contributed by atoms with Crippen molar-refractivity contribution in [2.24, 2.45) is 0 Å². The van der Waals surface area contributed by atoms with E-state index in [1.54, 1.807) is 6.07 Å². The molecule has 0 bridgehead atoms. The molecule has 3 rings (SSSR count). The summed E-state index contributed by atoms with van der Waals surface area (Å²) in [5, 5.41) is 17.8. The molecule has 11 heteroatoms. The Balaban J connectivity index is 2.20. The van der Waals surface area contributed by atoms with E-state index in [0.29, 0.717) is 6.26 Å². The minimum absolute atomic E-state index is 0.0722. The largest absolute Gasteiger partial charge is 0.454 e. The standard InChI is InChI=1S/C15H10F3N3O4S/c1-26(23,24)14-11-10(12(16)15(17,18)13(11)22)9(6-21-14)25-8-2-7(3-19)4-20-5-8/h2,4-6,12-13,22H,1H3/t12-,13+/m1/s1. The number of nitrogens with zero attached hydrogens (tertiary/aromatic N) is 3. The van der Waals surface area contributed by atoms with E-state index in [4.69, 9.17) is 10.00 Å². The zero-order valence-corrected chi connectivity index (χ0v) is 13.8. The van der Waals surface area contributed by atoms with Crippen molar-refractivity contribution >= 4 is 9.84 Å². The maximum atomic E-state index is 14.3. The second-order valence-corrected chi connectivity index (χ2v) is 7.52. The summed E-state index contributed by atoms with van der Waals surface area (Å²) < 4.78 is 71.1. The molecule has 136 valence electrons. The second-order valence-electron chi connectivity index (χ2n) is 5.59. The van der Waals surface area contributed by atoms with Gasteiger partial charge in [-0.05, 0) is 0 Å². The Morgan fingerprint density at radius 3 is 2.62 bits per heavy atom. The third-order valence-electron chi connectivity index (χ3n) is 3.74. The molecule has 2 aromatic rings. The van der Waals surface area contributed by atoms with Crippen LogP contribution >= 0.6 is 0 Å². The Morgan fingerprint density at radius 1 is 1.31 bits per heavy atom. The van der Waals surface area contributed by atoms with E-state index in [1.165, 1.54) is 12.3 Å². The van der Waals surface area contributed by atoms with E-state index in [9.17, 15) is 26.7 Å². The summed E-state index contributed by atoms with van der Waals surface area (Å²) in [6.45, 7) is 0. The van der Waals surface area contributed by atoms with Crippen molar-refractivity contribution in [3.05, 3.63) is 41.3 Å². The van der Waals surface area contributed by atoms with Crippen molar-refractivity contribution in [2.75, 3.05) is 6.26 Å². The van der Waals surface area contributed by atoms with Crippen molar-refractivity contribution in [1.82, 2.24) is 9.97 Å². The number of fused-ring (bicyclic) bond motifs is 1. The summed E-state index contributed by atoms with van der Waals surface area (Å²) in [6.07, 6.45) is -1.86. The molecule has 2 heterocycles. The molecule has 0 spiro atoms. The van der Waals surface area contributed by atoms with Gasteiger partial charge >= 0.3 is 5.92 Å². The molecule has 2 atom stereocenters. The van der Waals surface area contributed by atoms with Gasteiger partial charge in [-0.15, -0.1) is 0 Å². The highest BCUT2D eigenvalue weighted by Crippen LogP contribution is 2.56. The molecule has 0 aromatic carbocycles. The molecule has 2 aromatic heterocycles. The van der Waals surface area contributed by atoms with Crippen molar-refractivity contribution in [2.45, 2.75) is 23.2 Å². The molecule has 1 aliphatic rings. The summed E-state index contributed by atoms with van der Waals surface area (Å²) in [5.41, 5.74) is -1.55. The van der Waals surface area contributed by atoms with Crippen molar-refractivity contribution < 1.29 is 31.4 Å². The fraction of sp³-hybridized carbons (Fsp3) is 0.267. The molecule has 0 saturated heterocycles. The van der Waals surface area contributed by atoms with Gasteiger partial charge in [0.05, 0.1) is 18.0 Å². The van der Waals surface area contributed by atoms with Crippen LogP contribution in [0.5, 0.6) is 11.5 Å². The van der Waals surface area contributed by atoms with Crippen LogP contribution in [0.3, 0.4) is 0 Å².